The third-order valence-corrected chi connectivity index (χ3v) is 4.40. The number of hydrogen-bond donors (Lipinski definition) is 2. The van der Waals surface area contributed by atoms with Gasteiger partial charge in [-0.3, -0.25) is 4.79 Å². The van der Waals surface area contributed by atoms with Gasteiger partial charge in [-0.05, 0) is 31.9 Å². The van der Waals surface area contributed by atoms with E-state index in [1.807, 2.05) is 19.9 Å². The van der Waals surface area contributed by atoms with Crippen molar-refractivity contribution in [3.05, 3.63) is 64.7 Å². The summed E-state index contributed by atoms with van der Waals surface area (Å²) in [4.78, 5) is 12.4. The third-order valence-electron chi connectivity index (χ3n) is 4.40. The number of carbonyl (C=O) groups excluding carboxylic acids is 1. The molecule has 0 aliphatic rings. The fourth-order valence-electron chi connectivity index (χ4n) is 3.27. The van der Waals surface area contributed by atoms with Crippen LogP contribution in [0.25, 0.3) is 0 Å². The quantitative estimate of drug-likeness (QED) is 0.839. The van der Waals surface area contributed by atoms with Gasteiger partial charge in [0.15, 0.2) is 6.54 Å². The molecule has 0 fully saturated rings. The van der Waals surface area contributed by atoms with Crippen LogP contribution in [0, 0.1) is 26.7 Å². The van der Waals surface area contributed by atoms with Gasteiger partial charge in [-0.25, -0.2) is 0 Å². The summed E-state index contributed by atoms with van der Waals surface area (Å²) in [7, 11) is 0. The van der Waals surface area contributed by atoms with E-state index in [0.29, 0.717) is 12.5 Å². The van der Waals surface area contributed by atoms with E-state index in [-0.39, 0.29) is 11.9 Å². The first kappa shape index (κ1) is 18.2. The molecule has 2 rings (SSSR count). The van der Waals surface area contributed by atoms with Crippen molar-refractivity contribution in [3.8, 4) is 0 Å². The second-order valence-corrected chi connectivity index (χ2v) is 6.94. The number of quaternary nitrogens is 1. The average Bonchev–Trinajstić information content (AvgIpc) is 2.51. The first-order valence-electron chi connectivity index (χ1n) is 8.64. The Morgan fingerprint density at radius 1 is 1.04 bits per heavy atom. The molecule has 2 aromatic rings. The van der Waals surface area contributed by atoms with Gasteiger partial charge in [0.05, 0.1) is 0 Å². The van der Waals surface area contributed by atoms with Crippen LogP contribution in [-0.2, 0) is 4.79 Å². The van der Waals surface area contributed by atoms with Gasteiger partial charge >= 0.3 is 0 Å². The van der Waals surface area contributed by atoms with Crippen LogP contribution in [0.4, 0.5) is 5.69 Å². The minimum absolute atomic E-state index is 0.0478. The molecule has 0 unspecified atom stereocenters. The Balaban J connectivity index is 2.02. The summed E-state index contributed by atoms with van der Waals surface area (Å²) >= 11 is 0. The van der Waals surface area contributed by atoms with Gasteiger partial charge in [-0.1, -0.05) is 61.9 Å². The van der Waals surface area contributed by atoms with Gasteiger partial charge in [-0.2, -0.15) is 0 Å². The predicted octanol–water partition coefficient (Wildman–Crippen LogP) is 3.51. The standard InChI is InChI=1S/C21H28N2O/c1-14(2)20(18-9-7-6-8-10-18)22-13-19(24)23-21-16(4)11-15(3)12-17(21)5/h6-12,14,20,22H,13H2,1-5H3,(H,23,24)/p+1/t20-/m1/s1. The van der Waals surface area contributed by atoms with Crippen molar-refractivity contribution < 1.29 is 10.1 Å². The summed E-state index contributed by atoms with van der Waals surface area (Å²) in [5, 5.41) is 5.21. The van der Waals surface area contributed by atoms with Crippen LogP contribution < -0.4 is 10.6 Å². The highest BCUT2D eigenvalue weighted by Crippen LogP contribution is 2.21. The largest absolute Gasteiger partial charge is 0.332 e. The highest BCUT2D eigenvalue weighted by molar-refractivity contribution is 5.93. The number of rotatable bonds is 6. The van der Waals surface area contributed by atoms with Crippen LogP contribution >= 0.6 is 0 Å². The Labute approximate surface area is 145 Å². The van der Waals surface area contributed by atoms with Crippen molar-refractivity contribution in [2.24, 2.45) is 5.92 Å². The van der Waals surface area contributed by atoms with Crippen LogP contribution in [0.5, 0.6) is 0 Å². The van der Waals surface area contributed by atoms with E-state index in [0.717, 1.165) is 16.8 Å². The Kier molecular flexibility index (Phi) is 6.16. The molecule has 0 aromatic heterocycles. The molecule has 128 valence electrons. The van der Waals surface area contributed by atoms with E-state index in [1.54, 1.807) is 0 Å². The highest BCUT2D eigenvalue weighted by atomic mass is 16.1. The molecular formula is C21H29N2O+. The summed E-state index contributed by atoms with van der Waals surface area (Å²) < 4.78 is 0. The van der Waals surface area contributed by atoms with Gasteiger partial charge in [0.2, 0.25) is 0 Å². The first-order valence-corrected chi connectivity index (χ1v) is 8.64. The number of nitrogens with two attached hydrogens (primary N) is 1. The number of carbonyl (C=O) groups is 1. The lowest BCUT2D eigenvalue weighted by atomic mass is 9.96. The number of nitrogens with one attached hydrogen (secondary N) is 1. The van der Waals surface area contributed by atoms with Crippen LogP contribution in [-0.4, -0.2) is 12.5 Å². The maximum atomic E-state index is 12.4. The van der Waals surface area contributed by atoms with E-state index < -0.39 is 0 Å². The molecule has 0 saturated carbocycles. The zero-order chi connectivity index (χ0) is 17.7. The fourth-order valence-corrected chi connectivity index (χ4v) is 3.27. The van der Waals surface area contributed by atoms with E-state index in [4.69, 9.17) is 0 Å². The summed E-state index contributed by atoms with van der Waals surface area (Å²) in [6, 6.07) is 14.9. The molecular weight excluding hydrogens is 296 g/mol. The maximum absolute atomic E-state index is 12.4. The lowest BCUT2D eigenvalue weighted by Crippen LogP contribution is -2.88. The molecule has 3 N–H and O–H groups in total. The van der Waals surface area contributed by atoms with Crippen molar-refractivity contribution >= 4 is 11.6 Å². The summed E-state index contributed by atoms with van der Waals surface area (Å²) in [5.74, 6) is 0.509. The first-order chi connectivity index (χ1) is 11.4. The van der Waals surface area contributed by atoms with Crippen LogP contribution in [0.3, 0.4) is 0 Å². The van der Waals surface area contributed by atoms with E-state index in [1.165, 1.54) is 11.1 Å². The zero-order valence-electron chi connectivity index (χ0n) is 15.4. The Morgan fingerprint density at radius 2 is 1.62 bits per heavy atom. The molecule has 1 amide bonds. The second-order valence-electron chi connectivity index (χ2n) is 6.94. The molecule has 0 aliphatic heterocycles. The lowest BCUT2D eigenvalue weighted by molar-refractivity contribution is -0.692. The smallest absolute Gasteiger partial charge is 0.279 e. The second kappa shape index (κ2) is 8.11. The third kappa shape index (κ3) is 4.68. The van der Waals surface area contributed by atoms with Gasteiger partial charge in [0.1, 0.15) is 6.04 Å². The molecule has 3 nitrogen and oxygen atoms in total. The SMILES string of the molecule is Cc1cc(C)c(NC(=O)C[NH2+][C@@H](c2ccccc2)C(C)C)c(C)c1. The minimum atomic E-state index is 0.0478. The van der Waals surface area contributed by atoms with Crippen molar-refractivity contribution in [3.63, 3.8) is 0 Å². The molecule has 0 bridgehead atoms. The molecule has 0 heterocycles. The van der Waals surface area contributed by atoms with Crippen LogP contribution in [0.15, 0.2) is 42.5 Å². The fraction of sp³-hybridized carbons (Fsp3) is 0.381. The molecule has 0 spiro atoms. The Hall–Kier alpha value is -2.13. The van der Waals surface area contributed by atoms with Crippen molar-refractivity contribution in [2.45, 2.75) is 40.7 Å². The average molecular weight is 325 g/mol. The molecule has 2 aromatic carbocycles. The molecule has 0 aliphatic carbocycles. The number of benzene rings is 2. The topological polar surface area (TPSA) is 45.7 Å². The van der Waals surface area contributed by atoms with Gasteiger partial charge in [0, 0.05) is 17.2 Å². The highest BCUT2D eigenvalue weighted by Gasteiger charge is 2.20. The normalized spacial score (nSPS) is 12.2. The Morgan fingerprint density at radius 3 is 2.17 bits per heavy atom. The minimum Gasteiger partial charge on any atom is -0.332 e. The number of amides is 1. The van der Waals surface area contributed by atoms with Gasteiger partial charge in [0.25, 0.3) is 5.91 Å². The number of hydrogen-bond acceptors (Lipinski definition) is 1. The molecule has 0 saturated heterocycles. The van der Waals surface area contributed by atoms with Crippen molar-refractivity contribution in [1.82, 2.24) is 0 Å². The van der Waals surface area contributed by atoms with Gasteiger partial charge in [-0.15, -0.1) is 0 Å². The van der Waals surface area contributed by atoms with Gasteiger partial charge < -0.3 is 10.6 Å². The van der Waals surface area contributed by atoms with E-state index in [9.17, 15) is 4.79 Å². The van der Waals surface area contributed by atoms with E-state index in [2.05, 4.69) is 67.8 Å². The summed E-state index contributed by atoms with van der Waals surface area (Å²) in [5.41, 5.74) is 5.66. The summed E-state index contributed by atoms with van der Waals surface area (Å²) in [6.07, 6.45) is 0. The molecule has 24 heavy (non-hydrogen) atoms. The van der Waals surface area contributed by atoms with Crippen LogP contribution in [0.1, 0.15) is 42.1 Å². The van der Waals surface area contributed by atoms with E-state index >= 15 is 0 Å². The summed E-state index contributed by atoms with van der Waals surface area (Å²) in [6.45, 7) is 11.0. The molecule has 0 radical (unpaired) electrons. The van der Waals surface area contributed by atoms with Crippen LogP contribution in [0.2, 0.25) is 0 Å². The monoisotopic (exact) mass is 325 g/mol. The molecule has 1 atom stereocenters. The predicted molar refractivity (Wildman–Crippen MR) is 100 cm³/mol. The lowest BCUT2D eigenvalue weighted by Gasteiger charge is -2.20. The van der Waals surface area contributed by atoms with Crippen molar-refractivity contribution in [1.29, 1.82) is 0 Å². The molecule has 3 heteroatoms. The van der Waals surface area contributed by atoms with Crippen molar-refractivity contribution in [2.75, 3.05) is 11.9 Å². The maximum Gasteiger partial charge on any atom is 0.279 e. The number of anilines is 1. The zero-order valence-corrected chi connectivity index (χ0v) is 15.4. The number of aryl methyl sites for hydroxylation is 3. The Bertz CT molecular complexity index is 669.